The van der Waals surface area contributed by atoms with Crippen molar-refractivity contribution in [3.63, 3.8) is 0 Å². The second kappa shape index (κ2) is 7.51. The molecule has 0 unspecified atom stereocenters. The summed E-state index contributed by atoms with van der Waals surface area (Å²) in [5.41, 5.74) is 1.58. The Morgan fingerprint density at radius 1 is 1.32 bits per heavy atom. The lowest BCUT2D eigenvalue weighted by Crippen LogP contribution is -2.25. The molecule has 2 N–H and O–H groups in total. The first-order valence-electron chi connectivity index (χ1n) is 7.43. The summed E-state index contributed by atoms with van der Waals surface area (Å²) >= 11 is 5.34. The Hall–Kier alpha value is -1.72. The van der Waals surface area contributed by atoms with Crippen molar-refractivity contribution >= 4 is 17.2 Å². The highest BCUT2D eigenvalue weighted by atomic mass is 32.1. The predicted octanol–water partition coefficient (Wildman–Crippen LogP) is 3.41. The lowest BCUT2D eigenvalue weighted by molar-refractivity contribution is 0.148. The van der Waals surface area contributed by atoms with Gasteiger partial charge >= 0.3 is 0 Å². The maximum Gasteiger partial charge on any atom is 0.167 e. The van der Waals surface area contributed by atoms with Gasteiger partial charge in [-0.3, -0.25) is 0 Å². The van der Waals surface area contributed by atoms with Crippen LogP contribution in [0.4, 0.5) is 0 Å². The molecule has 1 aromatic carbocycles. The number of thiocarbonyl (C=S) groups is 1. The fourth-order valence-electron chi connectivity index (χ4n) is 2.06. The third kappa shape index (κ3) is 4.64. The summed E-state index contributed by atoms with van der Waals surface area (Å²) in [7, 11) is 0. The van der Waals surface area contributed by atoms with Crippen LogP contribution in [0, 0.1) is 5.41 Å². The molecule has 0 saturated heterocycles. The van der Waals surface area contributed by atoms with Gasteiger partial charge in [0.15, 0.2) is 5.76 Å². The Balaban J connectivity index is 1.85. The van der Waals surface area contributed by atoms with Crippen molar-refractivity contribution in [1.29, 1.82) is 0 Å². The van der Waals surface area contributed by atoms with Gasteiger partial charge < -0.3 is 14.9 Å². The number of benzene rings is 1. The van der Waals surface area contributed by atoms with Crippen LogP contribution in [0.2, 0.25) is 0 Å². The molecule has 5 heteroatoms. The van der Waals surface area contributed by atoms with E-state index in [0.29, 0.717) is 16.4 Å². The van der Waals surface area contributed by atoms with E-state index in [1.807, 2.05) is 36.4 Å². The van der Waals surface area contributed by atoms with Crippen molar-refractivity contribution < 1.29 is 9.63 Å². The Kier molecular flexibility index (Phi) is 5.69. The number of aliphatic hydroxyl groups excluding tert-OH is 1. The Labute approximate surface area is 136 Å². The summed E-state index contributed by atoms with van der Waals surface area (Å²) in [4.78, 5) is 0.590. The van der Waals surface area contributed by atoms with Gasteiger partial charge in [-0.05, 0) is 18.3 Å². The standard InChI is InChI=1S/C17H22N2O2S/c1-17(2,12-20)9-6-10-18-16(22)14-11-15(21-19-14)13-7-4-3-5-8-13/h3-5,7-8,11,20H,6,9-10,12H2,1-2H3,(H,18,22). The molecule has 0 saturated carbocycles. The number of hydrogen-bond donors (Lipinski definition) is 2. The minimum Gasteiger partial charge on any atom is -0.396 e. The van der Waals surface area contributed by atoms with Crippen molar-refractivity contribution in [2.24, 2.45) is 5.41 Å². The summed E-state index contributed by atoms with van der Waals surface area (Å²) in [6.45, 7) is 5.06. The van der Waals surface area contributed by atoms with E-state index in [4.69, 9.17) is 16.7 Å². The molecule has 0 aliphatic rings. The van der Waals surface area contributed by atoms with Gasteiger partial charge in [0.2, 0.25) is 0 Å². The second-order valence-electron chi connectivity index (χ2n) is 6.12. The van der Waals surface area contributed by atoms with Crippen molar-refractivity contribution in [3.8, 4) is 11.3 Å². The van der Waals surface area contributed by atoms with Crippen LogP contribution in [0.1, 0.15) is 32.4 Å². The summed E-state index contributed by atoms with van der Waals surface area (Å²) < 4.78 is 5.34. The quantitative estimate of drug-likeness (QED) is 0.605. The average Bonchev–Trinajstić information content (AvgIpc) is 3.02. The van der Waals surface area contributed by atoms with Gasteiger partial charge in [0.05, 0.1) is 0 Å². The van der Waals surface area contributed by atoms with E-state index >= 15 is 0 Å². The zero-order chi connectivity index (χ0) is 16.0. The van der Waals surface area contributed by atoms with Crippen LogP contribution in [0.25, 0.3) is 11.3 Å². The summed E-state index contributed by atoms with van der Waals surface area (Å²) in [6, 6.07) is 11.7. The minimum absolute atomic E-state index is 0.0440. The fourth-order valence-corrected chi connectivity index (χ4v) is 2.26. The van der Waals surface area contributed by atoms with Crippen molar-refractivity contribution in [3.05, 3.63) is 42.1 Å². The number of hydrogen-bond acceptors (Lipinski definition) is 4. The van der Waals surface area contributed by atoms with Crippen LogP contribution in [-0.2, 0) is 0 Å². The Morgan fingerprint density at radius 2 is 2.05 bits per heavy atom. The molecular formula is C17H22N2O2S. The fraction of sp³-hybridized carbons (Fsp3) is 0.412. The molecule has 0 aliphatic carbocycles. The molecule has 0 spiro atoms. The predicted molar refractivity (Wildman–Crippen MR) is 91.7 cm³/mol. The average molecular weight is 318 g/mol. The van der Waals surface area contributed by atoms with Gasteiger partial charge in [-0.15, -0.1) is 0 Å². The smallest absolute Gasteiger partial charge is 0.167 e. The van der Waals surface area contributed by atoms with E-state index in [-0.39, 0.29) is 12.0 Å². The number of aliphatic hydroxyl groups is 1. The van der Waals surface area contributed by atoms with E-state index in [1.165, 1.54) is 0 Å². The summed E-state index contributed by atoms with van der Waals surface area (Å²) in [5, 5.41) is 16.4. The molecule has 0 aliphatic heterocycles. The monoisotopic (exact) mass is 318 g/mol. The first-order chi connectivity index (χ1) is 10.5. The van der Waals surface area contributed by atoms with Crippen molar-refractivity contribution in [2.75, 3.05) is 13.2 Å². The van der Waals surface area contributed by atoms with Crippen LogP contribution in [0.15, 0.2) is 40.9 Å². The van der Waals surface area contributed by atoms with Gasteiger partial charge in [-0.25, -0.2) is 0 Å². The molecule has 2 rings (SSSR count). The molecule has 4 nitrogen and oxygen atoms in total. The first-order valence-corrected chi connectivity index (χ1v) is 7.84. The zero-order valence-electron chi connectivity index (χ0n) is 13.0. The van der Waals surface area contributed by atoms with Gasteiger partial charge in [0.1, 0.15) is 10.7 Å². The van der Waals surface area contributed by atoms with Gasteiger partial charge in [-0.2, -0.15) is 0 Å². The van der Waals surface area contributed by atoms with E-state index in [1.54, 1.807) is 0 Å². The molecule has 0 bridgehead atoms. The van der Waals surface area contributed by atoms with Gasteiger partial charge in [0.25, 0.3) is 0 Å². The summed E-state index contributed by atoms with van der Waals surface area (Å²) in [6.07, 6.45) is 1.88. The molecule has 1 aromatic heterocycles. The highest BCUT2D eigenvalue weighted by Crippen LogP contribution is 2.21. The maximum atomic E-state index is 9.22. The normalized spacial score (nSPS) is 11.4. The molecule has 0 atom stereocenters. The Morgan fingerprint density at radius 3 is 2.73 bits per heavy atom. The minimum atomic E-state index is -0.0440. The van der Waals surface area contributed by atoms with Gasteiger partial charge in [0, 0.05) is 24.8 Å². The van der Waals surface area contributed by atoms with E-state index in [9.17, 15) is 5.11 Å². The molecule has 2 aromatic rings. The van der Waals surface area contributed by atoms with Crippen LogP contribution in [0.5, 0.6) is 0 Å². The third-order valence-electron chi connectivity index (χ3n) is 3.55. The molecular weight excluding hydrogens is 296 g/mol. The lowest BCUT2D eigenvalue weighted by atomic mass is 9.89. The van der Waals surface area contributed by atoms with Crippen LogP contribution in [0.3, 0.4) is 0 Å². The molecule has 1 heterocycles. The Bertz CT molecular complexity index is 608. The topological polar surface area (TPSA) is 58.3 Å². The highest BCUT2D eigenvalue weighted by Gasteiger charge is 2.16. The van der Waals surface area contributed by atoms with E-state index < -0.39 is 0 Å². The number of nitrogens with zero attached hydrogens (tertiary/aromatic N) is 1. The molecule has 22 heavy (non-hydrogen) atoms. The zero-order valence-corrected chi connectivity index (χ0v) is 13.8. The SMILES string of the molecule is CC(C)(CO)CCCNC(=S)c1cc(-c2ccccc2)on1. The number of aromatic nitrogens is 1. The van der Waals surface area contributed by atoms with E-state index in [2.05, 4.69) is 24.3 Å². The van der Waals surface area contributed by atoms with Crippen molar-refractivity contribution in [1.82, 2.24) is 10.5 Å². The molecule has 118 valence electrons. The largest absolute Gasteiger partial charge is 0.396 e. The number of nitrogens with one attached hydrogen (secondary N) is 1. The highest BCUT2D eigenvalue weighted by molar-refractivity contribution is 7.80. The van der Waals surface area contributed by atoms with E-state index in [0.717, 1.165) is 24.9 Å². The lowest BCUT2D eigenvalue weighted by Gasteiger charge is -2.21. The molecule has 0 radical (unpaired) electrons. The molecule has 0 fully saturated rings. The number of rotatable bonds is 7. The second-order valence-corrected chi connectivity index (χ2v) is 6.53. The van der Waals surface area contributed by atoms with Crippen LogP contribution >= 0.6 is 12.2 Å². The summed E-state index contributed by atoms with van der Waals surface area (Å²) in [5.74, 6) is 0.709. The third-order valence-corrected chi connectivity index (χ3v) is 3.90. The maximum absolute atomic E-state index is 9.22. The van der Waals surface area contributed by atoms with Gasteiger partial charge in [-0.1, -0.05) is 61.6 Å². The van der Waals surface area contributed by atoms with Crippen LogP contribution in [-0.4, -0.2) is 28.4 Å². The van der Waals surface area contributed by atoms with Crippen LogP contribution < -0.4 is 5.32 Å². The molecule has 0 amide bonds. The first kappa shape index (κ1) is 16.6. The van der Waals surface area contributed by atoms with Crippen molar-refractivity contribution in [2.45, 2.75) is 26.7 Å².